The van der Waals surface area contributed by atoms with Gasteiger partial charge in [0.05, 0.1) is 5.70 Å². The number of allylic oxidation sites excluding steroid dienone is 4. The van der Waals surface area contributed by atoms with E-state index in [0.717, 1.165) is 37.0 Å². The highest BCUT2D eigenvalue weighted by Gasteiger charge is 2.32. The zero-order chi connectivity index (χ0) is 21.7. The second kappa shape index (κ2) is 10.3. The molecule has 162 valence electrons. The van der Waals surface area contributed by atoms with Crippen LogP contribution in [-0.4, -0.2) is 23.8 Å². The Hall–Kier alpha value is -2.09. The Balaban J connectivity index is 2.04. The average molecular weight is 405 g/mol. The first-order chi connectivity index (χ1) is 14.5. The number of amidine groups is 1. The van der Waals surface area contributed by atoms with Crippen LogP contribution in [-0.2, 0) is 0 Å². The minimum absolute atomic E-state index is 0.360. The van der Waals surface area contributed by atoms with E-state index in [-0.39, 0.29) is 0 Å². The van der Waals surface area contributed by atoms with Gasteiger partial charge >= 0.3 is 0 Å². The van der Waals surface area contributed by atoms with E-state index in [0.29, 0.717) is 5.92 Å². The van der Waals surface area contributed by atoms with E-state index in [2.05, 4.69) is 88.9 Å². The summed E-state index contributed by atoms with van der Waals surface area (Å²) in [6.07, 6.45) is 9.61. The second-order valence-electron chi connectivity index (χ2n) is 9.04. The van der Waals surface area contributed by atoms with E-state index in [4.69, 9.17) is 4.99 Å². The quantitative estimate of drug-likeness (QED) is 0.496. The van der Waals surface area contributed by atoms with Gasteiger partial charge in [-0.2, -0.15) is 0 Å². The molecule has 0 saturated carbocycles. The molecule has 1 aromatic carbocycles. The summed E-state index contributed by atoms with van der Waals surface area (Å²) < 4.78 is 0. The minimum Gasteiger partial charge on any atom is -0.359 e. The maximum atomic E-state index is 5.38. The van der Waals surface area contributed by atoms with Crippen molar-refractivity contribution < 1.29 is 0 Å². The molecule has 2 unspecified atom stereocenters. The molecule has 0 spiro atoms. The molecule has 2 heteroatoms. The van der Waals surface area contributed by atoms with Gasteiger partial charge in [0, 0.05) is 24.6 Å². The Labute approximate surface area is 184 Å². The number of nitrogens with zero attached hydrogens (tertiary/aromatic N) is 2. The molecule has 2 nitrogen and oxygen atoms in total. The van der Waals surface area contributed by atoms with E-state index < -0.39 is 0 Å². The lowest BCUT2D eigenvalue weighted by Crippen LogP contribution is -2.45. The van der Waals surface area contributed by atoms with Gasteiger partial charge in [-0.25, -0.2) is 4.99 Å². The highest BCUT2D eigenvalue weighted by atomic mass is 15.2. The summed E-state index contributed by atoms with van der Waals surface area (Å²) in [6.45, 7) is 16.0. The molecule has 2 aliphatic rings. The SMILES string of the molecule is C/C=C(C1=C(C)/C(=C/CC)[C@@H](C)C(N2CCCC(C(C)CC)C2)=N1)/c1ccccc1. The number of benzene rings is 1. The topological polar surface area (TPSA) is 15.6 Å². The van der Waals surface area contributed by atoms with Gasteiger partial charge in [-0.3, -0.25) is 0 Å². The first-order valence-electron chi connectivity index (χ1n) is 12.0. The summed E-state index contributed by atoms with van der Waals surface area (Å²) in [5.74, 6) is 3.20. The highest BCUT2D eigenvalue weighted by Crippen LogP contribution is 2.38. The molecule has 0 N–H and O–H groups in total. The van der Waals surface area contributed by atoms with Gasteiger partial charge in [0.15, 0.2) is 0 Å². The smallest absolute Gasteiger partial charge is 0.112 e. The first-order valence-corrected chi connectivity index (χ1v) is 12.0. The summed E-state index contributed by atoms with van der Waals surface area (Å²) in [4.78, 5) is 7.99. The maximum absolute atomic E-state index is 5.38. The molecule has 0 amide bonds. The van der Waals surface area contributed by atoms with Gasteiger partial charge < -0.3 is 4.90 Å². The predicted octanol–water partition coefficient (Wildman–Crippen LogP) is 7.51. The Bertz CT molecular complexity index is 841. The largest absolute Gasteiger partial charge is 0.359 e. The third kappa shape index (κ3) is 4.63. The van der Waals surface area contributed by atoms with Gasteiger partial charge in [0.1, 0.15) is 5.84 Å². The van der Waals surface area contributed by atoms with Crippen LogP contribution < -0.4 is 0 Å². The van der Waals surface area contributed by atoms with Crippen LogP contribution in [0.15, 0.2) is 64.3 Å². The lowest BCUT2D eigenvalue weighted by atomic mass is 9.82. The number of piperidine rings is 1. The molecular formula is C28H40N2. The van der Waals surface area contributed by atoms with E-state index in [1.54, 1.807) is 0 Å². The Morgan fingerprint density at radius 1 is 1.23 bits per heavy atom. The molecule has 3 rings (SSSR count). The fraction of sp³-hybridized carbons (Fsp3) is 0.536. The maximum Gasteiger partial charge on any atom is 0.112 e. The van der Waals surface area contributed by atoms with Crippen LogP contribution in [0.1, 0.15) is 72.8 Å². The van der Waals surface area contributed by atoms with Crippen LogP contribution in [0.3, 0.4) is 0 Å². The van der Waals surface area contributed by atoms with Crippen molar-refractivity contribution in [1.29, 1.82) is 0 Å². The van der Waals surface area contributed by atoms with Gasteiger partial charge in [0.25, 0.3) is 0 Å². The molecule has 1 fully saturated rings. The lowest BCUT2D eigenvalue weighted by molar-refractivity contribution is 0.194. The van der Waals surface area contributed by atoms with E-state index >= 15 is 0 Å². The summed E-state index contributed by atoms with van der Waals surface area (Å²) in [7, 11) is 0. The van der Waals surface area contributed by atoms with Gasteiger partial charge in [0.2, 0.25) is 0 Å². The van der Waals surface area contributed by atoms with Crippen molar-refractivity contribution in [2.24, 2.45) is 22.7 Å². The molecule has 0 aliphatic carbocycles. The third-order valence-corrected chi connectivity index (χ3v) is 7.15. The number of hydrogen-bond acceptors (Lipinski definition) is 2. The fourth-order valence-corrected chi connectivity index (χ4v) is 5.13. The van der Waals surface area contributed by atoms with Crippen molar-refractivity contribution in [3.8, 4) is 0 Å². The van der Waals surface area contributed by atoms with Crippen LogP contribution in [0.25, 0.3) is 5.57 Å². The van der Waals surface area contributed by atoms with Crippen molar-refractivity contribution in [2.45, 2.75) is 67.2 Å². The van der Waals surface area contributed by atoms with Crippen LogP contribution in [0, 0.1) is 17.8 Å². The minimum atomic E-state index is 0.360. The van der Waals surface area contributed by atoms with Crippen molar-refractivity contribution in [3.05, 3.63) is 64.9 Å². The van der Waals surface area contributed by atoms with Crippen LogP contribution in [0.2, 0.25) is 0 Å². The van der Waals surface area contributed by atoms with Gasteiger partial charge in [-0.05, 0) is 61.7 Å². The summed E-state index contributed by atoms with van der Waals surface area (Å²) in [5.41, 5.74) is 6.44. The summed E-state index contributed by atoms with van der Waals surface area (Å²) in [5, 5.41) is 0. The standard InChI is InChI=1S/C28H40N2/c1-7-14-26-21(5)27(25(9-3)23-15-11-10-12-16-23)29-28(22(26)6)30-18-13-17-24(19-30)20(4)8-2/h9-12,14-16,20,22,24H,7-8,13,17-19H2,1-6H3/b25-9-,26-14-/t20?,22-,24?/m1/s1. The zero-order valence-electron chi connectivity index (χ0n) is 19.9. The molecule has 0 aromatic heterocycles. The molecular weight excluding hydrogens is 364 g/mol. The molecule has 3 atom stereocenters. The van der Waals surface area contributed by atoms with Crippen LogP contribution in [0.4, 0.5) is 0 Å². The lowest BCUT2D eigenvalue weighted by Gasteiger charge is -2.41. The van der Waals surface area contributed by atoms with Crippen LogP contribution in [0.5, 0.6) is 0 Å². The highest BCUT2D eigenvalue weighted by molar-refractivity contribution is 5.95. The van der Waals surface area contributed by atoms with E-state index in [1.807, 2.05) is 0 Å². The van der Waals surface area contributed by atoms with E-state index in [9.17, 15) is 0 Å². The molecule has 0 bridgehead atoms. The van der Waals surface area contributed by atoms with Gasteiger partial charge in [-0.1, -0.05) is 76.6 Å². The number of hydrogen-bond donors (Lipinski definition) is 0. The first kappa shape index (κ1) is 22.6. The molecule has 1 saturated heterocycles. The number of likely N-dealkylation sites (tertiary alicyclic amines) is 1. The van der Waals surface area contributed by atoms with Crippen molar-refractivity contribution in [3.63, 3.8) is 0 Å². The Morgan fingerprint density at radius 3 is 2.60 bits per heavy atom. The molecule has 2 aliphatic heterocycles. The predicted molar refractivity (Wildman–Crippen MR) is 132 cm³/mol. The number of rotatable bonds is 5. The monoisotopic (exact) mass is 404 g/mol. The molecule has 2 heterocycles. The summed E-state index contributed by atoms with van der Waals surface area (Å²) >= 11 is 0. The normalized spacial score (nSPS) is 25.5. The van der Waals surface area contributed by atoms with E-state index in [1.165, 1.54) is 47.4 Å². The summed E-state index contributed by atoms with van der Waals surface area (Å²) in [6, 6.07) is 10.7. The van der Waals surface area contributed by atoms with Crippen molar-refractivity contribution in [1.82, 2.24) is 4.90 Å². The second-order valence-corrected chi connectivity index (χ2v) is 9.04. The van der Waals surface area contributed by atoms with Crippen molar-refractivity contribution in [2.75, 3.05) is 13.1 Å². The Kier molecular flexibility index (Phi) is 7.75. The van der Waals surface area contributed by atoms with Gasteiger partial charge in [-0.15, -0.1) is 0 Å². The molecule has 1 aromatic rings. The molecule has 30 heavy (non-hydrogen) atoms. The number of aliphatic imine (C=N–C) groups is 1. The fourth-order valence-electron chi connectivity index (χ4n) is 5.13. The molecule has 0 radical (unpaired) electrons. The van der Waals surface area contributed by atoms with Crippen molar-refractivity contribution >= 4 is 11.4 Å². The Morgan fingerprint density at radius 2 is 1.97 bits per heavy atom. The third-order valence-electron chi connectivity index (χ3n) is 7.15. The average Bonchev–Trinajstić information content (AvgIpc) is 2.78. The zero-order valence-corrected chi connectivity index (χ0v) is 19.9. The van der Waals surface area contributed by atoms with Crippen LogP contribution >= 0.6 is 0 Å².